The number of ether oxygens (including phenoxy) is 2. The first-order chi connectivity index (χ1) is 63.4. The average molecular weight is 1880 g/mol. The minimum Gasteiger partial charge on any atom is -0.382 e. The van der Waals surface area contributed by atoms with Crippen molar-refractivity contribution in [1.82, 2.24) is 58.1 Å². The van der Waals surface area contributed by atoms with Crippen LogP contribution < -0.4 is 86.5 Å². The van der Waals surface area contributed by atoms with E-state index in [2.05, 4.69) is 98.2 Å². The Kier molecular flexibility index (Phi) is 24.9. The smallest absolute Gasteiger partial charge is 0.264 e. The molecule has 34 nitrogen and oxygen atoms in total. The predicted molar refractivity (Wildman–Crippen MR) is 519 cm³/mol. The largest absolute Gasteiger partial charge is 0.382 e. The zero-order valence-corrected chi connectivity index (χ0v) is 79.6. The molecule has 22 rings (SSSR count). The lowest BCUT2D eigenvalue weighted by molar-refractivity contribution is 0.0972. The van der Waals surface area contributed by atoms with Gasteiger partial charge in [-0.1, -0.05) is 60.3 Å². The summed E-state index contributed by atoms with van der Waals surface area (Å²) in [6.07, 6.45) is 24.1. The molecule has 38 heteroatoms. The van der Waals surface area contributed by atoms with Gasteiger partial charge in [-0.3, -0.25) is 57.4 Å². The monoisotopic (exact) mass is 1880 g/mol. The molecule has 700 valence electrons. The first-order valence-electron chi connectivity index (χ1n) is 46.8. The maximum absolute atomic E-state index is 13.6. The summed E-state index contributed by atoms with van der Waals surface area (Å²) in [5, 5.41) is 11.4. The first kappa shape index (κ1) is 91.2. The molecule has 13 N–H and O–H groups in total. The molecule has 10 fully saturated rings. The Hall–Kier alpha value is -9.88. The van der Waals surface area contributed by atoms with E-state index in [-0.39, 0.29) is 86.1 Å². The summed E-state index contributed by atoms with van der Waals surface area (Å²) >= 11 is 26.3. The number of nitrogens with two attached hydrogens (primary N) is 5. The fourth-order valence-electron chi connectivity index (χ4n) is 22.7. The average Bonchev–Trinajstić information content (AvgIpc) is 1.55. The van der Waals surface area contributed by atoms with Crippen molar-refractivity contribution in [1.29, 1.82) is 0 Å². The number of nitrogens with zero attached hydrogens (tertiary/aromatic N) is 20. The summed E-state index contributed by atoms with van der Waals surface area (Å²) in [5.74, 6) is 6.94. The van der Waals surface area contributed by atoms with Gasteiger partial charge in [-0.15, -0.1) is 0 Å². The summed E-state index contributed by atoms with van der Waals surface area (Å²) in [6, 6.07) is 8.24. The second kappa shape index (κ2) is 36.1. The molecule has 6 saturated heterocycles. The number of piperidine rings is 4. The van der Waals surface area contributed by atoms with Crippen LogP contribution in [-0.2, 0) is 63.8 Å². The molecule has 0 aromatic carbocycles. The Morgan fingerprint density at radius 3 is 1.05 bits per heavy atom. The molecule has 8 atom stereocenters. The van der Waals surface area contributed by atoms with Crippen molar-refractivity contribution in [3.63, 3.8) is 0 Å². The number of nitrogen functional groups attached to an aromatic ring is 1. The van der Waals surface area contributed by atoms with Crippen LogP contribution in [0.3, 0.4) is 0 Å². The topological polar surface area (TPSA) is 438 Å². The molecule has 0 unspecified atom stereocenters. The minimum absolute atomic E-state index is 0.0190. The maximum atomic E-state index is 13.6. The number of hydrogen-bond donors (Lipinski definition) is 8. The van der Waals surface area contributed by atoms with Gasteiger partial charge in [-0.2, -0.15) is 0 Å². The van der Waals surface area contributed by atoms with Crippen LogP contribution in [0.5, 0.6) is 0 Å². The minimum atomic E-state index is -0.117. The van der Waals surface area contributed by atoms with Crippen LogP contribution in [0.2, 0.25) is 20.1 Å². The highest BCUT2D eigenvalue weighted by Gasteiger charge is 2.52. The zero-order chi connectivity index (χ0) is 92.5. The normalized spacial score (nSPS) is 24.8. The van der Waals surface area contributed by atoms with E-state index in [9.17, 15) is 19.2 Å². The Bertz CT molecular complexity index is 6250. The van der Waals surface area contributed by atoms with E-state index < -0.39 is 0 Å². The van der Waals surface area contributed by atoms with Gasteiger partial charge in [0.25, 0.3) is 22.2 Å². The van der Waals surface area contributed by atoms with Crippen LogP contribution in [0, 0.1) is 39.4 Å². The lowest BCUT2D eigenvalue weighted by Gasteiger charge is -2.42. The maximum Gasteiger partial charge on any atom is 0.264 e. The molecule has 4 aliphatic carbocycles. The molecule has 8 aromatic heterocycles. The van der Waals surface area contributed by atoms with Crippen molar-refractivity contribution >= 4 is 116 Å². The SMILES string of the molecule is CNc1nccc(C2=NCc3nc(N4CCC5(CC4)C[C@@H](C)C[C@H]5N)n(C)c(=O)c32)c1Cl.C[C@@H]1OCC2(CCN(c3nc4c(c(=O)n3C)C(c3ccnc(NC5CC5)c3Cl)=NC4)CC2)[C@@H]1N.C[C@@H]1OCC2(CCN(c3nc4c(c(=O)n3C)C(c3ccnc(NCC5CC5)c3Cl)=NC4)CC2)[C@@H]1N.C[C@H]1C[C@@H](N)C2(CCN(c3nc4c(c(=O)n3C)C(c3ccnc(N)c3Cl)=NC4)CC2)C1. The fraction of sp³-hybridized carbons (Fsp3) is 0.574. The molecule has 4 spiro atoms. The quantitative estimate of drug-likeness (QED) is 0.0503. The van der Waals surface area contributed by atoms with Crippen LogP contribution in [0.4, 0.5) is 47.1 Å². The third kappa shape index (κ3) is 16.5. The third-order valence-electron chi connectivity index (χ3n) is 31.1. The lowest BCUT2D eigenvalue weighted by atomic mass is 9.73. The molecule has 132 heavy (non-hydrogen) atoms. The van der Waals surface area contributed by atoms with Gasteiger partial charge < -0.3 is 73.7 Å². The van der Waals surface area contributed by atoms with Gasteiger partial charge in [-0.05, 0) is 169 Å². The van der Waals surface area contributed by atoms with Gasteiger partial charge in [0.2, 0.25) is 23.8 Å². The van der Waals surface area contributed by atoms with Crippen molar-refractivity contribution < 1.29 is 9.47 Å². The summed E-state index contributed by atoms with van der Waals surface area (Å²) in [6.45, 7) is 19.1. The summed E-state index contributed by atoms with van der Waals surface area (Å²) in [4.78, 5) is 118. The van der Waals surface area contributed by atoms with E-state index in [4.69, 9.17) is 109 Å². The third-order valence-corrected chi connectivity index (χ3v) is 32.7. The highest BCUT2D eigenvalue weighted by Crippen LogP contribution is 2.52. The number of aromatic nitrogens is 12. The Labute approximate surface area is 786 Å². The number of fused-ring (bicyclic) bond motifs is 4. The number of pyridine rings is 4. The van der Waals surface area contributed by atoms with Crippen molar-refractivity contribution in [3.05, 3.63) is 178 Å². The molecular weight excluding hydrogens is 1760 g/mol. The molecular formula is C94H120Cl4N28O6. The summed E-state index contributed by atoms with van der Waals surface area (Å²) < 4.78 is 18.3. The molecule has 18 heterocycles. The van der Waals surface area contributed by atoms with E-state index in [0.29, 0.717) is 198 Å². The standard InChI is InChI=1S/C25H32ClN7O2.C24H30ClN7O2.C23H30ClN7O.C22H28ClN7O/c1-14-21(27)25(13-35-14)6-9-33(10-7-25)24-31-17-12-29-20(18(17)23(34)32(24)2)16-5-8-28-22(19(16)26)30-11-15-3-4-15;1-13-20(26)24(12-34-13)6-9-32(10-7-24)23-30-16-11-28-19(17(16)22(33)31(23)2)15-5-8-27-21(18(15)25)29-14-3-4-14;1-13-10-16(25)23(11-13)5-8-31(9-6-23)22-29-15-12-28-19(17(15)21(32)30(22)3)14-4-7-27-20(26-2)18(14)24;1-12-9-15(24)22(10-12)4-7-30(8-5-22)21-28-14-11-27-18(16(14)20(31)29(21)2)13-3-6-26-19(25)17(13)23/h5,8,14-15,21H,3-4,6-7,9-13,27H2,1-2H3,(H,28,30);5,8,13-14,20H,3-4,6-7,9-12,26H2,1-2H3,(H,27,29);4,7,13,16H,5-6,8-12,25H2,1-3H3,(H,26,27);3,6,12,15H,4-5,7-11,24H2,1-2H3,(H2,25,26)/t14-,21+;13-,20+;13-,16+;12-,15+/m0000/s1. The second-order valence-electron chi connectivity index (χ2n) is 39.4. The van der Waals surface area contributed by atoms with E-state index in [1.54, 1.807) is 90.4 Å². The Balaban J connectivity index is 0.000000114. The lowest BCUT2D eigenvalue weighted by Crippen LogP contribution is -2.51. The molecule has 10 aliphatic heterocycles. The van der Waals surface area contributed by atoms with Crippen molar-refractivity contribution in [2.24, 2.45) is 111 Å². The van der Waals surface area contributed by atoms with Crippen LogP contribution >= 0.6 is 46.4 Å². The van der Waals surface area contributed by atoms with Gasteiger partial charge in [0.15, 0.2) is 0 Å². The number of rotatable bonds is 14. The number of anilines is 8. The van der Waals surface area contributed by atoms with Crippen molar-refractivity contribution in [2.75, 3.05) is 120 Å². The van der Waals surface area contributed by atoms with Crippen LogP contribution in [-0.4, -0.2) is 203 Å². The molecule has 0 bridgehead atoms. The highest BCUT2D eigenvalue weighted by molar-refractivity contribution is 6.40. The van der Waals surface area contributed by atoms with Crippen molar-refractivity contribution in [3.8, 4) is 0 Å². The van der Waals surface area contributed by atoms with Crippen LogP contribution in [0.25, 0.3) is 0 Å². The number of nitrogens with one attached hydrogen (secondary N) is 3. The highest BCUT2D eigenvalue weighted by atomic mass is 35.5. The molecule has 8 aromatic rings. The fourth-order valence-corrected chi connectivity index (χ4v) is 23.7. The molecule has 14 aliphatic rings. The van der Waals surface area contributed by atoms with Gasteiger partial charge in [0, 0.05) is 182 Å². The second-order valence-corrected chi connectivity index (χ2v) is 41.0. The van der Waals surface area contributed by atoms with Gasteiger partial charge in [0.1, 0.15) is 23.3 Å². The number of halogens is 4. The molecule has 4 saturated carbocycles. The molecule has 0 radical (unpaired) electrons. The van der Waals surface area contributed by atoms with Crippen LogP contribution in [0.15, 0.2) is 88.2 Å². The van der Waals surface area contributed by atoms with E-state index in [0.717, 1.165) is 153 Å². The van der Waals surface area contributed by atoms with Gasteiger partial charge in [-0.25, -0.2) is 39.9 Å². The van der Waals surface area contributed by atoms with E-state index >= 15 is 0 Å². The number of hydrogen-bond acceptors (Lipinski definition) is 30. The number of aliphatic imine (C=N–C) groups is 4. The summed E-state index contributed by atoms with van der Waals surface area (Å²) in [7, 11) is 8.90. The van der Waals surface area contributed by atoms with E-state index in [1.807, 2.05) is 12.1 Å². The zero-order valence-electron chi connectivity index (χ0n) is 76.6. The Morgan fingerprint density at radius 1 is 0.424 bits per heavy atom. The van der Waals surface area contributed by atoms with Crippen LogP contribution in [0.1, 0.15) is 198 Å². The molecule has 0 amide bonds. The van der Waals surface area contributed by atoms with Gasteiger partial charge in [0.05, 0.1) is 140 Å². The summed E-state index contributed by atoms with van der Waals surface area (Å²) in [5.41, 5.74) is 41.9. The first-order valence-corrected chi connectivity index (χ1v) is 48.3. The van der Waals surface area contributed by atoms with Gasteiger partial charge >= 0.3 is 0 Å². The Morgan fingerprint density at radius 2 is 0.735 bits per heavy atom. The van der Waals surface area contributed by atoms with Crippen molar-refractivity contribution in [2.45, 2.75) is 199 Å². The van der Waals surface area contributed by atoms with E-state index in [1.165, 1.54) is 25.7 Å². The predicted octanol–water partition coefficient (Wildman–Crippen LogP) is 9.09.